The van der Waals surface area contributed by atoms with Crippen LogP contribution >= 0.6 is 0 Å². The number of likely N-dealkylation sites (tertiary alicyclic amines) is 1. The highest BCUT2D eigenvalue weighted by Gasteiger charge is 2.40. The maximum atomic E-state index is 10.4. The minimum absolute atomic E-state index is 0.0415. The number of aliphatic hydroxyl groups is 1. The number of nitrogens with zero attached hydrogens (tertiary/aromatic N) is 1. The summed E-state index contributed by atoms with van der Waals surface area (Å²) in [6, 6.07) is 11.7. The van der Waals surface area contributed by atoms with Crippen molar-refractivity contribution in [2.24, 2.45) is 5.92 Å². The van der Waals surface area contributed by atoms with E-state index in [1.165, 1.54) is 37.7 Å². The third-order valence-electron chi connectivity index (χ3n) is 6.47. The van der Waals surface area contributed by atoms with E-state index in [1.807, 2.05) is 0 Å². The van der Waals surface area contributed by atoms with Gasteiger partial charge in [0.25, 0.3) is 0 Å². The van der Waals surface area contributed by atoms with Gasteiger partial charge in [0.15, 0.2) is 6.29 Å². The molecule has 1 aromatic rings. The number of rotatable bonds is 9. The summed E-state index contributed by atoms with van der Waals surface area (Å²) in [7, 11) is 0. The minimum atomic E-state index is -0.0415. The maximum Gasteiger partial charge on any atom is 0.157 e. The van der Waals surface area contributed by atoms with Crippen molar-refractivity contribution in [3.05, 3.63) is 35.9 Å². The zero-order chi connectivity index (χ0) is 19.1. The van der Waals surface area contributed by atoms with E-state index in [1.54, 1.807) is 0 Å². The molecule has 2 aliphatic heterocycles. The molecule has 0 aromatic heterocycles. The molecule has 1 N–H and O–H groups in total. The monoisotopic (exact) mass is 375 g/mol. The van der Waals surface area contributed by atoms with Crippen LogP contribution in [0.2, 0.25) is 0 Å². The van der Waals surface area contributed by atoms with E-state index in [2.05, 4.69) is 49.1 Å². The van der Waals surface area contributed by atoms with E-state index < -0.39 is 0 Å². The van der Waals surface area contributed by atoms with E-state index in [4.69, 9.17) is 9.47 Å². The summed E-state index contributed by atoms with van der Waals surface area (Å²) in [5.41, 5.74) is 1.23. The van der Waals surface area contributed by atoms with Gasteiger partial charge in [0.2, 0.25) is 0 Å². The molecule has 0 saturated carbocycles. The second kappa shape index (κ2) is 10.6. The SMILES string of the molecule is CCC[C@H]1CC[C@H](CC)[C@@H](CCC2OCCO2)N1[C@@H](CO)c1ccccc1. The lowest BCUT2D eigenvalue weighted by Gasteiger charge is -2.50. The van der Waals surface area contributed by atoms with Crippen molar-refractivity contribution in [3.63, 3.8) is 0 Å². The molecular formula is C23H37NO3. The van der Waals surface area contributed by atoms with E-state index in [0.717, 1.165) is 26.1 Å². The van der Waals surface area contributed by atoms with Crippen LogP contribution in [0, 0.1) is 5.92 Å². The van der Waals surface area contributed by atoms with Gasteiger partial charge in [0.05, 0.1) is 25.9 Å². The molecule has 4 heteroatoms. The van der Waals surface area contributed by atoms with Crippen LogP contribution in [-0.2, 0) is 9.47 Å². The molecule has 0 bridgehead atoms. The zero-order valence-corrected chi connectivity index (χ0v) is 17.1. The molecule has 4 atom stereocenters. The summed E-state index contributed by atoms with van der Waals surface area (Å²) in [6.45, 7) is 6.20. The van der Waals surface area contributed by atoms with Gasteiger partial charge < -0.3 is 14.6 Å². The second-order valence-corrected chi connectivity index (χ2v) is 8.06. The van der Waals surface area contributed by atoms with Gasteiger partial charge in [-0.15, -0.1) is 0 Å². The Balaban J connectivity index is 1.84. The van der Waals surface area contributed by atoms with Gasteiger partial charge in [0, 0.05) is 12.1 Å². The summed E-state index contributed by atoms with van der Waals surface area (Å²) in [4.78, 5) is 2.67. The summed E-state index contributed by atoms with van der Waals surface area (Å²) in [5, 5.41) is 10.4. The van der Waals surface area contributed by atoms with Crippen molar-refractivity contribution < 1.29 is 14.6 Å². The average Bonchev–Trinajstić information content (AvgIpc) is 3.23. The fraction of sp³-hybridized carbons (Fsp3) is 0.739. The van der Waals surface area contributed by atoms with E-state index >= 15 is 0 Å². The largest absolute Gasteiger partial charge is 0.394 e. The topological polar surface area (TPSA) is 41.9 Å². The average molecular weight is 376 g/mol. The summed E-state index contributed by atoms with van der Waals surface area (Å²) >= 11 is 0. The lowest BCUT2D eigenvalue weighted by atomic mass is 9.79. The summed E-state index contributed by atoms with van der Waals surface area (Å²) in [6.07, 6.45) is 8.10. The van der Waals surface area contributed by atoms with E-state index in [0.29, 0.717) is 18.0 Å². The fourth-order valence-electron chi connectivity index (χ4n) is 5.16. The lowest BCUT2D eigenvalue weighted by Crippen LogP contribution is -2.53. The van der Waals surface area contributed by atoms with Crippen LogP contribution in [0.1, 0.15) is 70.4 Å². The van der Waals surface area contributed by atoms with Crippen molar-refractivity contribution in [1.82, 2.24) is 4.90 Å². The van der Waals surface area contributed by atoms with Crippen molar-refractivity contribution in [3.8, 4) is 0 Å². The van der Waals surface area contributed by atoms with Gasteiger partial charge in [-0.25, -0.2) is 0 Å². The van der Waals surface area contributed by atoms with Crippen LogP contribution in [0.15, 0.2) is 30.3 Å². The molecule has 2 heterocycles. The van der Waals surface area contributed by atoms with Crippen LogP contribution in [-0.4, -0.2) is 48.2 Å². The molecule has 2 fully saturated rings. The van der Waals surface area contributed by atoms with Gasteiger partial charge in [-0.3, -0.25) is 4.90 Å². The van der Waals surface area contributed by atoms with Gasteiger partial charge >= 0.3 is 0 Å². The molecule has 3 rings (SSSR count). The second-order valence-electron chi connectivity index (χ2n) is 8.06. The standard InChI is InChI=1S/C23H37NO3/c1-3-8-20-12-11-18(4-2)21(13-14-23-26-15-16-27-23)24(20)22(17-25)19-9-6-5-7-10-19/h5-7,9-10,18,20-23,25H,3-4,8,11-17H2,1-2H3/t18-,20-,21+,22-/m0/s1. The van der Waals surface area contributed by atoms with Gasteiger partial charge in [-0.2, -0.15) is 0 Å². The third kappa shape index (κ3) is 5.11. The van der Waals surface area contributed by atoms with Crippen LogP contribution in [0.5, 0.6) is 0 Å². The maximum absolute atomic E-state index is 10.4. The predicted octanol–water partition coefficient (Wildman–Crippen LogP) is 4.53. The molecule has 2 saturated heterocycles. The Morgan fingerprint density at radius 2 is 1.78 bits per heavy atom. The first-order chi connectivity index (χ1) is 13.3. The Hall–Kier alpha value is -0.940. The minimum Gasteiger partial charge on any atom is -0.394 e. The molecule has 0 aliphatic carbocycles. The first-order valence-corrected chi connectivity index (χ1v) is 10.9. The summed E-state index contributed by atoms with van der Waals surface area (Å²) < 4.78 is 11.4. The fourth-order valence-corrected chi connectivity index (χ4v) is 5.16. The molecule has 27 heavy (non-hydrogen) atoms. The lowest BCUT2D eigenvalue weighted by molar-refractivity contribution is -0.0693. The molecule has 0 amide bonds. The van der Waals surface area contributed by atoms with Crippen LogP contribution in [0.3, 0.4) is 0 Å². The Labute approximate surface area is 164 Å². The number of aliphatic hydroxyl groups excluding tert-OH is 1. The molecule has 1 aromatic carbocycles. The Bertz CT molecular complexity index is 532. The van der Waals surface area contributed by atoms with Crippen LogP contribution in [0.25, 0.3) is 0 Å². The van der Waals surface area contributed by atoms with Crippen molar-refractivity contribution in [2.75, 3.05) is 19.8 Å². The quantitative estimate of drug-likeness (QED) is 0.688. The summed E-state index contributed by atoms with van der Waals surface area (Å²) in [5.74, 6) is 0.678. The predicted molar refractivity (Wildman–Crippen MR) is 109 cm³/mol. The molecule has 0 unspecified atom stereocenters. The molecule has 0 radical (unpaired) electrons. The smallest absolute Gasteiger partial charge is 0.157 e. The van der Waals surface area contributed by atoms with Crippen molar-refractivity contribution in [1.29, 1.82) is 0 Å². The molecule has 4 nitrogen and oxygen atoms in total. The Kier molecular flexibility index (Phi) is 8.13. The molecule has 2 aliphatic rings. The van der Waals surface area contributed by atoms with Gasteiger partial charge in [0.1, 0.15) is 0 Å². The third-order valence-corrected chi connectivity index (χ3v) is 6.47. The number of ether oxygens (including phenoxy) is 2. The first kappa shape index (κ1) is 20.8. The molecule has 152 valence electrons. The first-order valence-electron chi connectivity index (χ1n) is 10.9. The van der Waals surface area contributed by atoms with E-state index in [-0.39, 0.29) is 18.9 Å². The Morgan fingerprint density at radius 3 is 2.41 bits per heavy atom. The van der Waals surface area contributed by atoms with Crippen molar-refractivity contribution >= 4 is 0 Å². The highest BCUT2D eigenvalue weighted by molar-refractivity contribution is 5.20. The Morgan fingerprint density at radius 1 is 1.04 bits per heavy atom. The van der Waals surface area contributed by atoms with Crippen LogP contribution in [0.4, 0.5) is 0 Å². The highest BCUT2D eigenvalue weighted by atomic mass is 16.7. The number of benzene rings is 1. The number of piperidine rings is 1. The normalized spacial score (nSPS) is 28.5. The molecule has 0 spiro atoms. The number of hydrogen-bond acceptors (Lipinski definition) is 4. The van der Waals surface area contributed by atoms with Crippen molar-refractivity contribution in [2.45, 2.75) is 83.2 Å². The molecular weight excluding hydrogens is 338 g/mol. The van der Waals surface area contributed by atoms with E-state index in [9.17, 15) is 5.11 Å². The van der Waals surface area contributed by atoms with Gasteiger partial charge in [-0.05, 0) is 43.6 Å². The number of hydrogen-bond donors (Lipinski definition) is 1. The highest BCUT2D eigenvalue weighted by Crippen LogP contribution is 2.40. The van der Waals surface area contributed by atoms with Gasteiger partial charge in [-0.1, -0.05) is 57.0 Å². The van der Waals surface area contributed by atoms with Crippen LogP contribution < -0.4 is 0 Å². The zero-order valence-electron chi connectivity index (χ0n) is 17.1.